The van der Waals surface area contributed by atoms with E-state index in [9.17, 15) is 8.42 Å². The minimum absolute atomic E-state index is 0. The topological polar surface area (TPSA) is 89.9 Å². The van der Waals surface area contributed by atoms with Gasteiger partial charge in [-0.25, -0.2) is 18.4 Å². The Morgan fingerprint density at radius 2 is 1.97 bits per heavy atom. The third-order valence-corrected chi connectivity index (χ3v) is 6.00. The second-order valence-corrected chi connectivity index (χ2v) is 9.86. The minimum Gasteiger partial charge on any atom is -0.357 e. The molecule has 1 aliphatic heterocycles. The Morgan fingerprint density at radius 1 is 1.27 bits per heavy atom. The van der Waals surface area contributed by atoms with Gasteiger partial charge in [-0.1, -0.05) is 6.92 Å². The van der Waals surface area contributed by atoms with Gasteiger partial charge in [-0.15, -0.1) is 24.0 Å². The van der Waals surface area contributed by atoms with Crippen LogP contribution in [0.4, 0.5) is 5.82 Å². The van der Waals surface area contributed by atoms with Crippen molar-refractivity contribution in [2.45, 2.75) is 39.8 Å². The largest absolute Gasteiger partial charge is 0.357 e. The summed E-state index contributed by atoms with van der Waals surface area (Å²) in [5.41, 5.74) is 1.11. The molecule has 0 saturated carbocycles. The van der Waals surface area contributed by atoms with Crippen LogP contribution in [0.25, 0.3) is 0 Å². The molecule has 0 aliphatic carbocycles. The molecular formula is C20H37IN6O2S. The Kier molecular flexibility index (Phi) is 11.9. The van der Waals surface area contributed by atoms with E-state index in [1.807, 2.05) is 26.1 Å². The van der Waals surface area contributed by atoms with Gasteiger partial charge in [0, 0.05) is 51.2 Å². The highest BCUT2D eigenvalue weighted by Gasteiger charge is 2.17. The number of hydrogen-bond acceptors (Lipinski definition) is 6. The molecule has 0 radical (unpaired) electrons. The summed E-state index contributed by atoms with van der Waals surface area (Å²) in [6.45, 7) is 12.7. The number of rotatable bonds is 9. The van der Waals surface area contributed by atoms with Crippen molar-refractivity contribution in [3.8, 4) is 0 Å². The van der Waals surface area contributed by atoms with E-state index in [-0.39, 0.29) is 35.8 Å². The third kappa shape index (κ3) is 9.78. The lowest BCUT2D eigenvalue weighted by atomic mass is 10.2. The van der Waals surface area contributed by atoms with E-state index in [0.29, 0.717) is 18.9 Å². The summed E-state index contributed by atoms with van der Waals surface area (Å²) in [5, 5.41) is 6.52. The molecule has 2 rings (SSSR count). The van der Waals surface area contributed by atoms with Crippen molar-refractivity contribution in [1.29, 1.82) is 0 Å². The van der Waals surface area contributed by atoms with E-state index >= 15 is 0 Å². The molecule has 1 saturated heterocycles. The maximum absolute atomic E-state index is 11.4. The van der Waals surface area contributed by atoms with Crippen molar-refractivity contribution in [3.05, 3.63) is 23.9 Å². The van der Waals surface area contributed by atoms with Crippen molar-refractivity contribution in [3.63, 3.8) is 0 Å². The SMILES string of the molecule is CCNC(=NCc1ccnc(N2CCN(CC)CC2)c1)NC(C)CCS(C)(=O)=O.I. The summed E-state index contributed by atoms with van der Waals surface area (Å²) >= 11 is 0. The number of sulfone groups is 1. The maximum atomic E-state index is 11.4. The zero-order valence-corrected chi connectivity index (χ0v) is 21.7. The number of hydrogen-bond donors (Lipinski definition) is 2. The molecule has 1 aliphatic rings. The van der Waals surface area contributed by atoms with Gasteiger partial charge in [-0.2, -0.15) is 0 Å². The smallest absolute Gasteiger partial charge is 0.191 e. The highest BCUT2D eigenvalue weighted by molar-refractivity contribution is 14.0. The molecule has 10 heteroatoms. The molecule has 1 atom stereocenters. The number of halogens is 1. The molecule has 0 bridgehead atoms. The van der Waals surface area contributed by atoms with Gasteiger partial charge in [-0.3, -0.25) is 0 Å². The summed E-state index contributed by atoms with van der Waals surface area (Å²) < 4.78 is 22.7. The molecule has 30 heavy (non-hydrogen) atoms. The molecule has 1 aromatic heterocycles. The van der Waals surface area contributed by atoms with Crippen molar-refractivity contribution < 1.29 is 8.42 Å². The van der Waals surface area contributed by atoms with Gasteiger partial charge in [0.2, 0.25) is 0 Å². The Hall–Kier alpha value is -1.14. The van der Waals surface area contributed by atoms with Gasteiger partial charge in [-0.05, 0) is 44.5 Å². The number of guanidine groups is 1. The number of nitrogens with zero attached hydrogens (tertiary/aromatic N) is 4. The number of aliphatic imine (C=N–C) groups is 1. The van der Waals surface area contributed by atoms with Gasteiger partial charge in [0.1, 0.15) is 15.7 Å². The lowest BCUT2D eigenvalue weighted by Crippen LogP contribution is -2.46. The Bertz CT molecular complexity index is 766. The lowest BCUT2D eigenvalue weighted by Gasteiger charge is -2.34. The second-order valence-electron chi connectivity index (χ2n) is 7.60. The average molecular weight is 553 g/mol. The standard InChI is InChI=1S/C20H36N6O2S.HI/c1-5-21-20(24-17(3)8-14-29(4,27)28)23-16-18-7-9-22-19(15-18)26-12-10-25(6-2)11-13-26;/h7,9,15,17H,5-6,8,10-14,16H2,1-4H3,(H2,21,23,24);1H. The number of nitrogens with one attached hydrogen (secondary N) is 2. The van der Waals surface area contributed by atoms with Crippen LogP contribution in [0.1, 0.15) is 32.8 Å². The molecule has 2 N–H and O–H groups in total. The van der Waals surface area contributed by atoms with Gasteiger partial charge >= 0.3 is 0 Å². The molecule has 1 unspecified atom stereocenters. The Balaban J connectivity index is 0.00000450. The van der Waals surface area contributed by atoms with E-state index in [4.69, 9.17) is 0 Å². The van der Waals surface area contributed by atoms with E-state index < -0.39 is 9.84 Å². The molecule has 0 amide bonds. The molecular weight excluding hydrogens is 515 g/mol. The van der Waals surface area contributed by atoms with Crippen molar-refractivity contribution >= 4 is 45.6 Å². The molecule has 1 fully saturated rings. The van der Waals surface area contributed by atoms with Crippen molar-refractivity contribution in [1.82, 2.24) is 20.5 Å². The van der Waals surface area contributed by atoms with Crippen LogP contribution < -0.4 is 15.5 Å². The first kappa shape index (κ1) is 26.9. The van der Waals surface area contributed by atoms with E-state index in [2.05, 4.69) is 43.4 Å². The van der Waals surface area contributed by atoms with Gasteiger partial charge < -0.3 is 20.4 Å². The van der Waals surface area contributed by atoms with Crippen LogP contribution >= 0.6 is 24.0 Å². The molecule has 0 spiro atoms. The Morgan fingerprint density at radius 3 is 2.57 bits per heavy atom. The first-order chi connectivity index (χ1) is 13.8. The van der Waals surface area contributed by atoms with E-state index in [0.717, 1.165) is 50.6 Å². The van der Waals surface area contributed by atoms with Gasteiger partial charge in [0.05, 0.1) is 12.3 Å². The van der Waals surface area contributed by atoms with Crippen LogP contribution in [0, 0.1) is 0 Å². The molecule has 172 valence electrons. The summed E-state index contributed by atoms with van der Waals surface area (Å²) in [4.78, 5) is 14.0. The number of likely N-dealkylation sites (N-methyl/N-ethyl adjacent to an activating group) is 1. The highest BCUT2D eigenvalue weighted by Crippen LogP contribution is 2.15. The van der Waals surface area contributed by atoms with E-state index in [1.54, 1.807) is 0 Å². The first-order valence-electron chi connectivity index (χ1n) is 10.5. The fourth-order valence-electron chi connectivity index (χ4n) is 3.21. The van der Waals surface area contributed by atoms with Crippen LogP contribution in [-0.2, 0) is 16.4 Å². The first-order valence-corrected chi connectivity index (χ1v) is 12.5. The molecule has 2 heterocycles. The van der Waals surface area contributed by atoms with Crippen LogP contribution in [-0.4, -0.2) is 81.6 Å². The van der Waals surface area contributed by atoms with Crippen LogP contribution in [0.15, 0.2) is 23.3 Å². The number of piperazine rings is 1. The highest BCUT2D eigenvalue weighted by atomic mass is 127. The molecule has 0 aromatic carbocycles. The van der Waals surface area contributed by atoms with Crippen LogP contribution in [0.3, 0.4) is 0 Å². The predicted octanol–water partition coefficient (Wildman–Crippen LogP) is 1.72. The zero-order chi connectivity index (χ0) is 21.3. The number of pyridine rings is 1. The molecule has 8 nitrogen and oxygen atoms in total. The van der Waals surface area contributed by atoms with Crippen molar-refractivity contribution in [2.75, 3.05) is 56.2 Å². The van der Waals surface area contributed by atoms with Crippen LogP contribution in [0.2, 0.25) is 0 Å². The predicted molar refractivity (Wildman–Crippen MR) is 136 cm³/mol. The van der Waals surface area contributed by atoms with Gasteiger partial charge in [0.15, 0.2) is 5.96 Å². The summed E-state index contributed by atoms with van der Waals surface area (Å²) in [7, 11) is -2.96. The molecule has 1 aromatic rings. The number of aromatic nitrogens is 1. The van der Waals surface area contributed by atoms with E-state index in [1.165, 1.54) is 6.26 Å². The van der Waals surface area contributed by atoms with Crippen molar-refractivity contribution in [2.24, 2.45) is 4.99 Å². The second kappa shape index (κ2) is 13.3. The Labute approximate surface area is 198 Å². The average Bonchev–Trinajstić information content (AvgIpc) is 2.70. The fourth-order valence-corrected chi connectivity index (χ4v) is 3.99. The number of anilines is 1. The summed E-state index contributed by atoms with van der Waals surface area (Å²) in [6.07, 6.45) is 3.66. The van der Waals surface area contributed by atoms with Crippen LogP contribution in [0.5, 0.6) is 0 Å². The minimum atomic E-state index is -2.96. The quantitative estimate of drug-likeness (QED) is 0.274. The summed E-state index contributed by atoms with van der Waals surface area (Å²) in [5.74, 6) is 1.87. The fraction of sp³-hybridized carbons (Fsp3) is 0.700. The zero-order valence-electron chi connectivity index (χ0n) is 18.6. The maximum Gasteiger partial charge on any atom is 0.191 e. The normalized spacial score (nSPS) is 16.7. The monoisotopic (exact) mass is 552 g/mol. The summed E-state index contributed by atoms with van der Waals surface area (Å²) in [6, 6.07) is 4.12. The third-order valence-electron chi connectivity index (χ3n) is 5.02. The van der Waals surface area contributed by atoms with Gasteiger partial charge in [0.25, 0.3) is 0 Å². The lowest BCUT2D eigenvalue weighted by molar-refractivity contribution is 0.270.